The van der Waals surface area contributed by atoms with Crippen molar-refractivity contribution in [3.8, 4) is 0 Å². The van der Waals surface area contributed by atoms with Gasteiger partial charge in [0.2, 0.25) is 0 Å². The van der Waals surface area contributed by atoms with Crippen molar-refractivity contribution in [2.75, 3.05) is 0 Å². The minimum absolute atomic E-state index is 0.881. The Bertz CT molecular complexity index is 254. The summed E-state index contributed by atoms with van der Waals surface area (Å²) >= 11 is 0. The Kier molecular flexibility index (Phi) is 4.70. The lowest BCUT2D eigenvalue weighted by Gasteiger charge is -1.98. The number of aliphatic imine (C=N–C) groups is 1. The van der Waals surface area contributed by atoms with Crippen LogP contribution in [-0.2, 0) is 0 Å². The molecule has 0 aliphatic carbocycles. The molecular formula is C11H15N. The molecule has 0 heterocycles. The maximum absolute atomic E-state index is 3.83. The molecule has 0 radical (unpaired) electrons. The van der Waals surface area contributed by atoms with Gasteiger partial charge in [-0.25, -0.2) is 0 Å². The van der Waals surface area contributed by atoms with Crippen molar-refractivity contribution in [1.82, 2.24) is 0 Å². The number of hydrogen-bond acceptors (Lipinski definition) is 1. The van der Waals surface area contributed by atoms with E-state index in [0.717, 1.165) is 16.8 Å². The molecule has 0 fully saturated rings. The molecule has 0 spiro atoms. The van der Waals surface area contributed by atoms with E-state index in [-0.39, 0.29) is 0 Å². The molecule has 0 aliphatic rings. The lowest BCUT2D eigenvalue weighted by molar-refractivity contribution is 1.28. The first-order chi connectivity index (χ1) is 5.65. The standard InChI is InChI=1S/C11H15N/c1-6-9(3)8-11(7-2)10(4)12-5/h6-8H,1-2,5H2,3-4H3/b9-8-,11-10+. The van der Waals surface area contributed by atoms with Crippen LogP contribution in [0.15, 0.2) is 53.2 Å². The van der Waals surface area contributed by atoms with Crippen molar-refractivity contribution >= 4 is 6.72 Å². The van der Waals surface area contributed by atoms with Gasteiger partial charge in [-0.15, -0.1) is 0 Å². The van der Waals surface area contributed by atoms with Crippen LogP contribution in [0, 0.1) is 0 Å². The quantitative estimate of drug-likeness (QED) is 0.443. The van der Waals surface area contributed by atoms with E-state index in [1.807, 2.05) is 19.9 Å². The summed E-state index contributed by atoms with van der Waals surface area (Å²) in [5.74, 6) is 0. The van der Waals surface area contributed by atoms with E-state index in [4.69, 9.17) is 0 Å². The highest BCUT2D eigenvalue weighted by atomic mass is 14.7. The molecule has 0 saturated carbocycles. The van der Waals surface area contributed by atoms with Gasteiger partial charge in [-0.05, 0) is 26.1 Å². The zero-order valence-corrected chi connectivity index (χ0v) is 7.80. The third kappa shape index (κ3) is 3.15. The lowest BCUT2D eigenvalue weighted by atomic mass is 10.1. The van der Waals surface area contributed by atoms with E-state index in [1.54, 1.807) is 12.2 Å². The molecule has 0 saturated heterocycles. The highest BCUT2D eigenvalue weighted by Crippen LogP contribution is 2.10. The first-order valence-electron chi connectivity index (χ1n) is 3.76. The molecular weight excluding hydrogens is 146 g/mol. The van der Waals surface area contributed by atoms with Gasteiger partial charge < -0.3 is 0 Å². The second kappa shape index (κ2) is 5.30. The van der Waals surface area contributed by atoms with Gasteiger partial charge in [-0.3, -0.25) is 4.99 Å². The van der Waals surface area contributed by atoms with E-state index in [1.165, 1.54) is 0 Å². The fraction of sp³-hybridized carbons (Fsp3) is 0.182. The van der Waals surface area contributed by atoms with Gasteiger partial charge in [-0.1, -0.05) is 37.0 Å². The van der Waals surface area contributed by atoms with Crippen LogP contribution in [0.1, 0.15) is 13.8 Å². The molecule has 0 atom stereocenters. The van der Waals surface area contributed by atoms with Crippen molar-refractivity contribution in [3.05, 3.63) is 48.2 Å². The molecule has 0 aromatic rings. The van der Waals surface area contributed by atoms with Crippen molar-refractivity contribution in [2.24, 2.45) is 4.99 Å². The van der Waals surface area contributed by atoms with Crippen LogP contribution in [0.25, 0.3) is 0 Å². The van der Waals surface area contributed by atoms with Gasteiger partial charge in [0, 0.05) is 5.70 Å². The molecule has 64 valence electrons. The highest BCUT2D eigenvalue weighted by molar-refractivity contribution is 5.41. The fourth-order valence-electron chi connectivity index (χ4n) is 0.707. The van der Waals surface area contributed by atoms with Crippen LogP contribution in [0.5, 0.6) is 0 Å². The van der Waals surface area contributed by atoms with Gasteiger partial charge in [0.25, 0.3) is 0 Å². The zero-order valence-electron chi connectivity index (χ0n) is 7.80. The molecule has 0 N–H and O–H groups in total. The average Bonchev–Trinajstić information content (AvgIpc) is 2.12. The molecule has 0 bridgehead atoms. The summed E-state index contributed by atoms with van der Waals surface area (Å²) in [7, 11) is 0. The van der Waals surface area contributed by atoms with Crippen LogP contribution in [0.2, 0.25) is 0 Å². The van der Waals surface area contributed by atoms with E-state index in [9.17, 15) is 0 Å². The predicted octanol–water partition coefficient (Wildman–Crippen LogP) is 3.28. The summed E-state index contributed by atoms with van der Waals surface area (Å²) in [5, 5.41) is 0. The summed E-state index contributed by atoms with van der Waals surface area (Å²) in [6.45, 7) is 14.7. The summed E-state index contributed by atoms with van der Waals surface area (Å²) < 4.78 is 0. The third-order valence-electron chi connectivity index (χ3n) is 1.58. The third-order valence-corrected chi connectivity index (χ3v) is 1.58. The van der Waals surface area contributed by atoms with Crippen LogP contribution < -0.4 is 0 Å². The summed E-state index contributed by atoms with van der Waals surface area (Å²) in [5.41, 5.74) is 2.96. The molecule has 0 unspecified atom stereocenters. The van der Waals surface area contributed by atoms with Crippen molar-refractivity contribution in [2.45, 2.75) is 13.8 Å². The van der Waals surface area contributed by atoms with E-state index < -0.39 is 0 Å². The van der Waals surface area contributed by atoms with Crippen molar-refractivity contribution in [1.29, 1.82) is 0 Å². The maximum atomic E-state index is 3.83. The Balaban J connectivity index is 4.93. The molecule has 1 nitrogen and oxygen atoms in total. The summed E-state index contributed by atoms with van der Waals surface area (Å²) in [6.07, 6.45) is 5.53. The largest absolute Gasteiger partial charge is 0.269 e. The first-order valence-corrected chi connectivity index (χ1v) is 3.76. The van der Waals surface area contributed by atoms with Crippen molar-refractivity contribution < 1.29 is 0 Å². The SMILES string of the molecule is C=C/C(C)=C\C(C=C)=C(/C)N=C. The van der Waals surface area contributed by atoms with Crippen LogP contribution >= 0.6 is 0 Å². The number of nitrogens with zero attached hydrogens (tertiary/aromatic N) is 1. The highest BCUT2D eigenvalue weighted by Gasteiger charge is 1.91. The van der Waals surface area contributed by atoms with Gasteiger partial charge in [0.15, 0.2) is 0 Å². The molecule has 0 rings (SSSR count). The lowest BCUT2D eigenvalue weighted by Crippen LogP contribution is -1.79. The maximum Gasteiger partial charge on any atom is 0.0437 e. The Labute approximate surface area is 74.5 Å². The molecule has 0 amide bonds. The van der Waals surface area contributed by atoms with Crippen molar-refractivity contribution in [3.63, 3.8) is 0 Å². The molecule has 0 aromatic heterocycles. The number of hydrogen-bond donors (Lipinski definition) is 0. The van der Waals surface area contributed by atoms with Crippen LogP contribution in [-0.4, -0.2) is 6.72 Å². The number of allylic oxidation sites excluding steroid dienone is 6. The average molecular weight is 161 g/mol. The van der Waals surface area contributed by atoms with E-state index >= 15 is 0 Å². The van der Waals surface area contributed by atoms with E-state index in [0.29, 0.717) is 0 Å². The monoisotopic (exact) mass is 161 g/mol. The minimum Gasteiger partial charge on any atom is -0.269 e. The second-order valence-corrected chi connectivity index (χ2v) is 2.50. The Hall–Kier alpha value is -1.37. The van der Waals surface area contributed by atoms with Gasteiger partial charge in [0.05, 0.1) is 0 Å². The predicted molar refractivity (Wildman–Crippen MR) is 56.4 cm³/mol. The normalized spacial score (nSPS) is 13.3. The zero-order chi connectivity index (χ0) is 9.56. The van der Waals surface area contributed by atoms with Gasteiger partial charge in [-0.2, -0.15) is 0 Å². The number of rotatable bonds is 4. The first kappa shape index (κ1) is 10.6. The summed E-state index contributed by atoms with van der Waals surface area (Å²) in [4.78, 5) is 3.83. The Morgan fingerprint density at radius 2 is 1.75 bits per heavy atom. The Morgan fingerprint density at radius 3 is 2.08 bits per heavy atom. The minimum atomic E-state index is 0.881. The molecule has 1 heteroatoms. The molecule has 12 heavy (non-hydrogen) atoms. The summed E-state index contributed by atoms with van der Waals surface area (Å²) in [6, 6.07) is 0. The topological polar surface area (TPSA) is 12.4 Å². The molecule has 0 aliphatic heterocycles. The van der Waals surface area contributed by atoms with Crippen LogP contribution in [0.4, 0.5) is 0 Å². The second-order valence-electron chi connectivity index (χ2n) is 2.50. The van der Waals surface area contributed by atoms with Gasteiger partial charge >= 0.3 is 0 Å². The van der Waals surface area contributed by atoms with Crippen LogP contribution in [0.3, 0.4) is 0 Å². The van der Waals surface area contributed by atoms with E-state index in [2.05, 4.69) is 24.9 Å². The van der Waals surface area contributed by atoms with Gasteiger partial charge in [0.1, 0.15) is 0 Å². The Morgan fingerprint density at radius 1 is 1.17 bits per heavy atom. The molecule has 0 aromatic carbocycles. The fourth-order valence-corrected chi connectivity index (χ4v) is 0.707. The smallest absolute Gasteiger partial charge is 0.0437 e.